The topological polar surface area (TPSA) is 90.9 Å². The summed E-state index contributed by atoms with van der Waals surface area (Å²) in [6, 6.07) is 21.9. The molecule has 7 nitrogen and oxygen atoms in total. The molecule has 1 aliphatic rings. The first-order valence-electron chi connectivity index (χ1n) is 13.4. The molecule has 4 rings (SSSR count). The smallest absolute Gasteiger partial charge is 0.251 e. The van der Waals surface area contributed by atoms with Crippen molar-refractivity contribution in [2.24, 2.45) is 0 Å². The number of nitrogens with zero attached hydrogens (tertiary/aromatic N) is 1. The zero-order valence-electron chi connectivity index (χ0n) is 22.4. The minimum absolute atomic E-state index is 0.0335. The largest absolute Gasteiger partial charge is 0.491 e. The summed E-state index contributed by atoms with van der Waals surface area (Å²) in [5, 5.41) is 18.1. The van der Waals surface area contributed by atoms with Gasteiger partial charge >= 0.3 is 0 Å². The summed E-state index contributed by atoms with van der Waals surface area (Å²) in [7, 11) is 0. The third-order valence-electron chi connectivity index (χ3n) is 6.56. The Hall–Kier alpha value is -3.39. The summed E-state index contributed by atoms with van der Waals surface area (Å²) in [5.41, 5.74) is 3.02. The van der Waals surface area contributed by atoms with Crippen LogP contribution in [-0.2, 0) is 17.8 Å². The van der Waals surface area contributed by atoms with E-state index >= 15 is 0 Å². The van der Waals surface area contributed by atoms with Crippen molar-refractivity contribution in [3.8, 4) is 5.75 Å². The van der Waals surface area contributed by atoms with Gasteiger partial charge in [0, 0.05) is 48.4 Å². The number of aliphatic hydroxyl groups is 1. The van der Waals surface area contributed by atoms with Crippen LogP contribution >= 0.6 is 11.6 Å². The SMILES string of the molecule is CC(C)Oc1cc(C(=O)NC(Cc2ccccc2)C(O)CNCc2cccc(Cl)c2)cc(N2CCCC2=O)c1. The number of halogens is 1. The number of ether oxygens (including phenoxy) is 1. The van der Waals surface area contributed by atoms with Gasteiger partial charge in [-0.15, -0.1) is 0 Å². The first kappa shape index (κ1) is 28.6. The van der Waals surface area contributed by atoms with Crippen LogP contribution in [0.3, 0.4) is 0 Å². The molecule has 1 aliphatic heterocycles. The van der Waals surface area contributed by atoms with E-state index in [4.69, 9.17) is 16.3 Å². The van der Waals surface area contributed by atoms with E-state index in [1.165, 1.54) is 0 Å². The molecule has 0 aliphatic carbocycles. The second kappa shape index (κ2) is 13.6. The van der Waals surface area contributed by atoms with Crippen molar-refractivity contribution in [2.45, 2.75) is 57.9 Å². The Morgan fingerprint density at radius 2 is 1.82 bits per heavy atom. The Morgan fingerprint density at radius 1 is 1.05 bits per heavy atom. The number of rotatable bonds is 12. The Balaban J connectivity index is 1.52. The van der Waals surface area contributed by atoms with E-state index in [1.54, 1.807) is 23.1 Å². The Bertz CT molecular complexity index is 1270. The van der Waals surface area contributed by atoms with Crippen molar-refractivity contribution < 1.29 is 19.4 Å². The lowest BCUT2D eigenvalue weighted by Crippen LogP contribution is -2.48. The average molecular weight is 550 g/mol. The molecule has 0 bridgehead atoms. The van der Waals surface area contributed by atoms with E-state index in [2.05, 4.69) is 10.6 Å². The molecule has 3 aromatic carbocycles. The summed E-state index contributed by atoms with van der Waals surface area (Å²) in [5.74, 6) is 0.217. The fourth-order valence-electron chi connectivity index (χ4n) is 4.69. The van der Waals surface area contributed by atoms with E-state index in [1.807, 2.05) is 68.4 Å². The number of carbonyl (C=O) groups excluding carboxylic acids is 2. The third-order valence-corrected chi connectivity index (χ3v) is 6.80. The van der Waals surface area contributed by atoms with Gasteiger partial charge in [-0.2, -0.15) is 0 Å². The highest BCUT2D eigenvalue weighted by Crippen LogP contribution is 2.28. The Labute approximate surface area is 235 Å². The molecule has 2 atom stereocenters. The van der Waals surface area contributed by atoms with Crippen LogP contribution in [0.5, 0.6) is 5.75 Å². The summed E-state index contributed by atoms with van der Waals surface area (Å²) in [4.78, 5) is 27.7. The molecular formula is C31H36ClN3O4. The molecule has 2 amide bonds. The van der Waals surface area contributed by atoms with E-state index in [9.17, 15) is 14.7 Å². The van der Waals surface area contributed by atoms with Crippen LogP contribution in [0.15, 0.2) is 72.8 Å². The maximum absolute atomic E-state index is 13.6. The molecule has 39 heavy (non-hydrogen) atoms. The summed E-state index contributed by atoms with van der Waals surface area (Å²) >= 11 is 6.09. The van der Waals surface area contributed by atoms with E-state index in [0.717, 1.165) is 17.5 Å². The average Bonchev–Trinajstić information content (AvgIpc) is 3.34. The van der Waals surface area contributed by atoms with Crippen molar-refractivity contribution in [1.82, 2.24) is 10.6 Å². The van der Waals surface area contributed by atoms with Crippen molar-refractivity contribution >= 4 is 29.1 Å². The molecule has 1 fully saturated rings. The Morgan fingerprint density at radius 3 is 2.51 bits per heavy atom. The van der Waals surface area contributed by atoms with Crippen molar-refractivity contribution in [1.29, 1.82) is 0 Å². The normalized spacial score (nSPS) is 14.9. The first-order valence-corrected chi connectivity index (χ1v) is 13.8. The van der Waals surface area contributed by atoms with Crippen LogP contribution in [0.2, 0.25) is 5.02 Å². The third kappa shape index (κ3) is 8.30. The highest BCUT2D eigenvalue weighted by atomic mass is 35.5. The number of amides is 2. The number of carbonyl (C=O) groups is 2. The standard InChI is InChI=1S/C31H36ClN3O4/c1-21(2)39-27-17-24(16-26(18-27)35-13-7-12-30(35)37)31(38)34-28(15-22-8-4-3-5-9-22)29(36)20-33-19-23-10-6-11-25(32)14-23/h3-6,8-11,14,16-18,21,28-29,33,36H,7,12-13,15,19-20H2,1-2H3,(H,34,38). The maximum atomic E-state index is 13.6. The summed E-state index contributed by atoms with van der Waals surface area (Å²) < 4.78 is 5.91. The highest BCUT2D eigenvalue weighted by molar-refractivity contribution is 6.30. The first-order chi connectivity index (χ1) is 18.8. The monoisotopic (exact) mass is 549 g/mol. The van der Waals surface area contributed by atoms with Gasteiger partial charge in [0.05, 0.1) is 18.2 Å². The predicted octanol–water partition coefficient (Wildman–Crippen LogP) is 4.75. The molecular weight excluding hydrogens is 514 g/mol. The number of aliphatic hydroxyl groups excluding tert-OH is 1. The number of nitrogens with one attached hydrogen (secondary N) is 2. The quantitative estimate of drug-likeness (QED) is 0.303. The number of anilines is 1. The van der Waals surface area contributed by atoms with Crippen LogP contribution in [0, 0.1) is 0 Å². The minimum atomic E-state index is -0.858. The van der Waals surface area contributed by atoms with Crippen molar-refractivity contribution in [2.75, 3.05) is 18.0 Å². The van der Waals surface area contributed by atoms with Gasteiger partial charge in [-0.05, 0) is 62.1 Å². The van der Waals surface area contributed by atoms with Gasteiger partial charge in [0.25, 0.3) is 5.91 Å². The maximum Gasteiger partial charge on any atom is 0.251 e. The molecule has 0 saturated carbocycles. The summed E-state index contributed by atoms with van der Waals surface area (Å²) in [6.07, 6.45) is 0.770. The van der Waals surface area contributed by atoms with Crippen LogP contribution in [0.25, 0.3) is 0 Å². The zero-order valence-corrected chi connectivity index (χ0v) is 23.2. The zero-order chi connectivity index (χ0) is 27.8. The van der Waals surface area contributed by atoms with Gasteiger partial charge in [0.15, 0.2) is 0 Å². The van der Waals surface area contributed by atoms with Gasteiger partial charge in [0.1, 0.15) is 5.75 Å². The fourth-order valence-corrected chi connectivity index (χ4v) is 4.90. The van der Waals surface area contributed by atoms with Gasteiger partial charge in [0.2, 0.25) is 5.91 Å². The molecule has 1 heterocycles. The molecule has 8 heteroatoms. The second-order valence-corrected chi connectivity index (χ2v) is 10.6. The molecule has 0 aromatic heterocycles. The molecule has 0 radical (unpaired) electrons. The van der Waals surface area contributed by atoms with Gasteiger partial charge < -0.3 is 25.4 Å². The van der Waals surface area contributed by atoms with Gasteiger partial charge in [-0.25, -0.2) is 0 Å². The lowest BCUT2D eigenvalue weighted by atomic mass is 10.00. The highest BCUT2D eigenvalue weighted by Gasteiger charge is 2.26. The van der Waals surface area contributed by atoms with Crippen molar-refractivity contribution in [3.05, 3.63) is 94.5 Å². The summed E-state index contributed by atoms with van der Waals surface area (Å²) in [6.45, 7) is 5.24. The number of benzene rings is 3. The lowest BCUT2D eigenvalue weighted by Gasteiger charge is -2.26. The number of hydrogen-bond donors (Lipinski definition) is 3. The molecule has 206 valence electrons. The van der Waals surface area contributed by atoms with Crippen LogP contribution in [0.1, 0.15) is 48.2 Å². The van der Waals surface area contributed by atoms with E-state index < -0.39 is 12.1 Å². The van der Waals surface area contributed by atoms with Gasteiger partial charge in [-0.1, -0.05) is 54.1 Å². The fraction of sp³-hybridized carbons (Fsp3) is 0.355. The Kier molecular flexibility index (Phi) is 9.98. The predicted molar refractivity (Wildman–Crippen MR) is 154 cm³/mol. The second-order valence-electron chi connectivity index (χ2n) is 10.1. The van der Waals surface area contributed by atoms with Crippen molar-refractivity contribution in [3.63, 3.8) is 0 Å². The van der Waals surface area contributed by atoms with Crippen LogP contribution in [-0.4, -0.2) is 48.3 Å². The van der Waals surface area contributed by atoms with Gasteiger partial charge in [-0.3, -0.25) is 9.59 Å². The molecule has 3 aromatic rings. The minimum Gasteiger partial charge on any atom is -0.491 e. The van der Waals surface area contributed by atoms with Crippen LogP contribution < -0.4 is 20.3 Å². The molecule has 0 spiro atoms. The molecule has 3 N–H and O–H groups in total. The molecule has 2 unspecified atom stereocenters. The van der Waals surface area contributed by atoms with Crippen LogP contribution in [0.4, 0.5) is 5.69 Å². The lowest BCUT2D eigenvalue weighted by molar-refractivity contribution is -0.117. The molecule has 1 saturated heterocycles. The van der Waals surface area contributed by atoms with E-state index in [0.29, 0.717) is 48.0 Å². The van der Waals surface area contributed by atoms with E-state index in [-0.39, 0.29) is 24.5 Å². The number of hydrogen-bond acceptors (Lipinski definition) is 5.